The summed E-state index contributed by atoms with van der Waals surface area (Å²) in [5.74, 6) is 1.09. The van der Waals surface area contributed by atoms with Crippen LogP contribution in [0.5, 0.6) is 0 Å². The number of thioether (sulfide) groups is 1. The van der Waals surface area contributed by atoms with Gasteiger partial charge in [0.05, 0.1) is 0 Å². The molecule has 0 saturated carbocycles. The van der Waals surface area contributed by atoms with Gasteiger partial charge < -0.3 is 10.2 Å². The van der Waals surface area contributed by atoms with Gasteiger partial charge in [-0.2, -0.15) is 11.8 Å². The van der Waals surface area contributed by atoms with Gasteiger partial charge in [-0.25, -0.2) is 0 Å². The van der Waals surface area contributed by atoms with E-state index in [0.717, 1.165) is 36.4 Å². The third kappa shape index (κ3) is 5.61. The number of nitrogens with one attached hydrogen (secondary N) is 1. The predicted octanol–water partition coefficient (Wildman–Crippen LogP) is 4.20. The number of hydrogen-bond acceptors (Lipinski definition) is 3. The number of nitrogens with zero attached hydrogens (tertiary/aromatic N) is 1. The topological polar surface area (TPSA) is 49.4 Å². The SMILES string of the molecule is CSCCC(=O)N1CCc2ccc(NC(=O)CCc3ccc(C)cc3)cc2C1. The highest BCUT2D eigenvalue weighted by atomic mass is 32.2. The van der Waals surface area contributed by atoms with Crippen LogP contribution in [0.3, 0.4) is 0 Å². The molecule has 0 fully saturated rings. The van der Waals surface area contributed by atoms with E-state index in [2.05, 4.69) is 42.6 Å². The average molecular weight is 397 g/mol. The Bertz CT molecular complexity index is 833. The van der Waals surface area contributed by atoms with Crippen LogP contribution < -0.4 is 5.32 Å². The maximum absolute atomic E-state index is 12.3. The molecule has 0 unspecified atom stereocenters. The number of rotatable bonds is 7. The monoisotopic (exact) mass is 396 g/mol. The van der Waals surface area contributed by atoms with Crippen LogP contribution in [0.2, 0.25) is 0 Å². The van der Waals surface area contributed by atoms with Gasteiger partial charge in [0.2, 0.25) is 11.8 Å². The van der Waals surface area contributed by atoms with E-state index in [4.69, 9.17) is 0 Å². The fourth-order valence-corrected chi connectivity index (χ4v) is 3.81. The van der Waals surface area contributed by atoms with Crippen molar-refractivity contribution in [1.29, 1.82) is 0 Å². The molecular weight excluding hydrogens is 368 g/mol. The minimum Gasteiger partial charge on any atom is -0.338 e. The van der Waals surface area contributed by atoms with Crippen molar-refractivity contribution < 1.29 is 9.59 Å². The number of hydrogen-bond donors (Lipinski definition) is 1. The Kier molecular flexibility index (Phi) is 7.15. The van der Waals surface area contributed by atoms with Crippen LogP contribution in [0.4, 0.5) is 5.69 Å². The third-order valence-electron chi connectivity index (χ3n) is 5.14. The molecule has 0 bridgehead atoms. The van der Waals surface area contributed by atoms with Crippen LogP contribution in [-0.4, -0.2) is 35.3 Å². The van der Waals surface area contributed by atoms with Crippen LogP contribution in [0.15, 0.2) is 42.5 Å². The molecule has 0 saturated heterocycles. The van der Waals surface area contributed by atoms with E-state index in [1.165, 1.54) is 16.7 Å². The van der Waals surface area contributed by atoms with Gasteiger partial charge in [0.1, 0.15) is 0 Å². The van der Waals surface area contributed by atoms with Crippen molar-refractivity contribution in [3.63, 3.8) is 0 Å². The highest BCUT2D eigenvalue weighted by molar-refractivity contribution is 7.98. The number of anilines is 1. The van der Waals surface area contributed by atoms with Crippen molar-refractivity contribution in [3.8, 4) is 0 Å². The Hall–Kier alpha value is -2.27. The zero-order valence-corrected chi connectivity index (χ0v) is 17.5. The smallest absolute Gasteiger partial charge is 0.224 e. The van der Waals surface area contributed by atoms with Crippen molar-refractivity contribution in [2.45, 2.75) is 39.2 Å². The van der Waals surface area contributed by atoms with Gasteiger partial charge in [0.15, 0.2) is 0 Å². The summed E-state index contributed by atoms with van der Waals surface area (Å²) in [6.45, 7) is 3.47. The van der Waals surface area contributed by atoms with Crippen molar-refractivity contribution in [1.82, 2.24) is 4.90 Å². The lowest BCUT2D eigenvalue weighted by molar-refractivity contribution is -0.131. The van der Waals surface area contributed by atoms with Crippen LogP contribution in [0.25, 0.3) is 0 Å². The molecule has 4 nitrogen and oxygen atoms in total. The van der Waals surface area contributed by atoms with E-state index in [1.54, 1.807) is 11.8 Å². The summed E-state index contributed by atoms with van der Waals surface area (Å²) in [6, 6.07) is 14.4. The number of carbonyl (C=O) groups excluding carboxylic acids is 2. The molecule has 2 amide bonds. The number of carbonyl (C=O) groups is 2. The second kappa shape index (κ2) is 9.78. The summed E-state index contributed by atoms with van der Waals surface area (Å²) in [4.78, 5) is 26.6. The lowest BCUT2D eigenvalue weighted by Gasteiger charge is -2.29. The highest BCUT2D eigenvalue weighted by Gasteiger charge is 2.20. The molecule has 5 heteroatoms. The lowest BCUT2D eigenvalue weighted by Crippen LogP contribution is -2.36. The van der Waals surface area contributed by atoms with Crippen molar-refractivity contribution >= 4 is 29.3 Å². The van der Waals surface area contributed by atoms with Crippen molar-refractivity contribution in [2.24, 2.45) is 0 Å². The normalized spacial score (nSPS) is 13.1. The molecule has 2 aromatic rings. The van der Waals surface area contributed by atoms with Crippen LogP contribution in [-0.2, 0) is 29.0 Å². The molecule has 3 rings (SSSR count). The molecule has 28 heavy (non-hydrogen) atoms. The average Bonchev–Trinajstić information content (AvgIpc) is 2.71. The molecule has 0 radical (unpaired) electrons. The van der Waals surface area contributed by atoms with E-state index < -0.39 is 0 Å². The maximum Gasteiger partial charge on any atom is 0.224 e. The zero-order chi connectivity index (χ0) is 19.9. The molecule has 2 aromatic carbocycles. The fourth-order valence-electron chi connectivity index (χ4n) is 3.43. The first-order chi connectivity index (χ1) is 13.5. The number of benzene rings is 2. The van der Waals surface area contributed by atoms with Crippen LogP contribution in [0.1, 0.15) is 35.1 Å². The minimum atomic E-state index is 0.0178. The minimum absolute atomic E-state index is 0.0178. The van der Waals surface area contributed by atoms with Gasteiger partial charge in [0, 0.05) is 37.4 Å². The quantitative estimate of drug-likeness (QED) is 0.763. The van der Waals surface area contributed by atoms with E-state index in [-0.39, 0.29) is 11.8 Å². The first kappa shape index (κ1) is 20.5. The van der Waals surface area contributed by atoms with E-state index in [1.807, 2.05) is 23.3 Å². The van der Waals surface area contributed by atoms with Gasteiger partial charge in [-0.15, -0.1) is 0 Å². The lowest BCUT2D eigenvalue weighted by atomic mass is 9.98. The van der Waals surface area contributed by atoms with Crippen LogP contribution in [0, 0.1) is 6.92 Å². The molecule has 1 N–H and O–H groups in total. The first-order valence-corrected chi connectivity index (χ1v) is 11.2. The molecule has 1 aliphatic rings. The Labute approximate surface area is 171 Å². The Morgan fingerprint density at radius 3 is 2.61 bits per heavy atom. The van der Waals surface area contributed by atoms with E-state index >= 15 is 0 Å². The largest absolute Gasteiger partial charge is 0.338 e. The van der Waals surface area contributed by atoms with Gasteiger partial charge in [-0.1, -0.05) is 35.9 Å². The summed E-state index contributed by atoms with van der Waals surface area (Å²) in [5.41, 5.74) is 5.62. The summed E-state index contributed by atoms with van der Waals surface area (Å²) in [7, 11) is 0. The number of aryl methyl sites for hydroxylation is 2. The summed E-state index contributed by atoms with van der Waals surface area (Å²) in [5, 5.41) is 3.01. The summed E-state index contributed by atoms with van der Waals surface area (Å²) >= 11 is 1.70. The summed E-state index contributed by atoms with van der Waals surface area (Å²) in [6.07, 6.45) is 4.68. The van der Waals surface area contributed by atoms with Crippen molar-refractivity contribution in [2.75, 3.05) is 23.9 Å². The van der Waals surface area contributed by atoms with E-state index in [9.17, 15) is 9.59 Å². The zero-order valence-electron chi connectivity index (χ0n) is 16.7. The molecule has 1 aliphatic heterocycles. The molecule has 0 aromatic heterocycles. The molecule has 1 heterocycles. The standard InChI is InChI=1S/C23H28N2O2S/c1-17-3-5-18(6-4-17)7-10-22(26)24-21-9-8-19-11-13-25(16-20(19)15-21)23(27)12-14-28-2/h3-6,8-9,15H,7,10-14,16H2,1-2H3,(H,24,26). The van der Waals surface area contributed by atoms with Gasteiger partial charge in [-0.3, -0.25) is 9.59 Å². The molecule has 0 aliphatic carbocycles. The fraction of sp³-hybridized carbons (Fsp3) is 0.391. The molecular formula is C23H28N2O2S. The maximum atomic E-state index is 12.3. The van der Waals surface area contributed by atoms with Gasteiger partial charge in [-0.05, 0) is 54.8 Å². The van der Waals surface area contributed by atoms with Crippen molar-refractivity contribution in [3.05, 3.63) is 64.7 Å². The van der Waals surface area contributed by atoms with Gasteiger partial charge in [0.25, 0.3) is 0 Å². The van der Waals surface area contributed by atoms with Gasteiger partial charge >= 0.3 is 0 Å². The number of amides is 2. The second-order valence-electron chi connectivity index (χ2n) is 7.33. The highest BCUT2D eigenvalue weighted by Crippen LogP contribution is 2.23. The van der Waals surface area contributed by atoms with Crippen LogP contribution >= 0.6 is 11.8 Å². The molecule has 0 atom stereocenters. The second-order valence-corrected chi connectivity index (χ2v) is 8.31. The Morgan fingerprint density at radius 1 is 1.07 bits per heavy atom. The molecule has 148 valence electrons. The molecule has 0 spiro atoms. The van der Waals surface area contributed by atoms with E-state index in [0.29, 0.717) is 19.4 Å². The number of fused-ring (bicyclic) bond motifs is 1. The Balaban J connectivity index is 1.56. The summed E-state index contributed by atoms with van der Waals surface area (Å²) < 4.78 is 0. The first-order valence-electron chi connectivity index (χ1n) is 9.79. The third-order valence-corrected chi connectivity index (χ3v) is 5.75. The Morgan fingerprint density at radius 2 is 1.86 bits per heavy atom. The predicted molar refractivity (Wildman–Crippen MR) is 117 cm³/mol.